The van der Waals surface area contributed by atoms with E-state index in [0.29, 0.717) is 0 Å². The Balaban J connectivity index is 1.87. The Bertz CT molecular complexity index is 660. The van der Waals surface area contributed by atoms with Crippen molar-refractivity contribution in [3.8, 4) is 5.75 Å². The van der Waals surface area contributed by atoms with Gasteiger partial charge in [-0.1, -0.05) is 18.2 Å². The lowest BCUT2D eigenvalue weighted by molar-refractivity contribution is 0.199. The molecule has 0 saturated heterocycles. The van der Waals surface area contributed by atoms with E-state index in [0.717, 1.165) is 29.7 Å². The minimum atomic E-state index is 0.0538. The predicted molar refractivity (Wildman–Crippen MR) is 82.4 cm³/mol. The number of nitrogens with one attached hydrogen (secondary N) is 1. The summed E-state index contributed by atoms with van der Waals surface area (Å²) in [6.07, 6.45) is 2.68. The zero-order valence-electron chi connectivity index (χ0n) is 11.3. The van der Waals surface area contributed by atoms with Gasteiger partial charge in [0.2, 0.25) is 0 Å². The van der Waals surface area contributed by atoms with Gasteiger partial charge in [-0.25, -0.2) is 0 Å². The van der Waals surface area contributed by atoms with Crippen LogP contribution >= 0.6 is 11.3 Å². The van der Waals surface area contributed by atoms with Crippen LogP contribution in [-0.2, 0) is 0 Å². The molecule has 3 rings (SSSR count). The molecule has 0 fully saturated rings. The fourth-order valence-corrected chi connectivity index (χ4v) is 3.01. The highest BCUT2D eigenvalue weighted by molar-refractivity contribution is 7.10. The van der Waals surface area contributed by atoms with Crippen LogP contribution in [0.25, 0.3) is 11.0 Å². The topological polar surface area (TPSA) is 34.4 Å². The number of rotatable bonds is 6. The van der Waals surface area contributed by atoms with Crippen LogP contribution in [-0.4, -0.2) is 13.6 Å². The third-order valence-electron chi connectivity index (χ3n) is 3.23. The molecule has 0 unspecified atom stereocenters. The SMILES string of the molecule is CNCC[C@@H](Oc1cccc2ccoc12)c1cccs1. The number of benzene rings is 1. The molecule has 0 radical (unpaired) electrons. The quantitative estimate of drug-likeness (QED) is 0.737. The molecule has 104 valence electrons. The summed E-state index contributed by atoms with van der Waals surface area (Å²) in [4.78, 5) is 1.24. The Morgan fingerprint density at radius 3 is 3.00 bits per heavy atom. The third kappa shape index (κ3) is 2.71. The van der Waals surface area contributed by atoms with E-state index in [4.69, 9.17) is 9.15 Å². The molecular formula is C16H17NO2S. The van der Waals surface area contributed by atoms with Crippen LogP contribution in [0.15, 0.2) is 52.5 Å². The molecule has 3 aromatic rings. The Morgan fingerprint density at radius 1 is 1.25 bits per heavy atom. The summed E-state index contributed by atoms with van der Waals surface area (Å²) in [7, 11) is 1.96. The van der Waals surface area contributed by atoms with E-state index in [-0.39, 0.29) is 6.10 Å². The van der Waals surface area contributed by atoms with E-state index in [1.807, 2.05) is 31.3 Å². The van der Waals surface area contributed by atoms with E-state index in [9.17, 15) is 0 Å². The van der Waals surface area contributed by atoms with Gasteiger partial charge in [-0.2, -0.15) is 0 Å². The van der Waals surface area contributed by atoms with Crippen molar-refractivity contribution in [2.45, 2.75) is 12.5 Å². The van der Waals surface area contributed by atoms with Gasteiger partial charge in [-0.05, 0) is 37.2 Å². The molecule has 0 aliphatic heterocycles. The molecule has 1 aromatic carbocycles. The number of hydrogen-bond donors (Lipinski definition) is 1. The second-order valence-electron chi connectivity index (χ2n) is 4.61. The summed E-state index contributed by atoms with van der Waals surface area (Å²) in [6, 6.07) is 12.1. The molecule has 0 bridgehead atoms. The van der Waals surface area contributed by atoms with Crippen molar-refractivity contribution in [3.05, 3.63) is 52.9 Å². The minimum Gasteiger partial charge on any atom is -0.481 e. The Labute approximate surface area is 122 Å². The molecule has 1 atom stereocenters. The maximum absolute atomic E-state index is 6.21. The monoisotopic (exact) mass is 287 g/mol. The number of furan rings is 1. The fraction of sp³-hybridized carbons (Fsp3) is 0.250. The van der Waals surface area contributed by atoms with Crippen LogP contribution in [0.5, 0.6) is 5.75 Å². The molecule has 0 aliphatic rings. The van der Waals surface area contributed by atoms with Gasteiger partial charge < -0.3 is 14.5 Å². The average molecular weight is 287 g/mol. The van der Waals surface area contributed by atoms with E-state index in [1.165, 1.54) is 4.88 Å². The summed E-state index contributed by atoms with van der Waals surface area (Å²) in [6.45, 7) is 0.913. The first-order valence-corrected chi connectivity index (χ1v) is 7.57. The van der Waals surface area contributed by atoms with Crippen molar-refractivity contribution < 1.29 is 9.15 Å². The number of fused-ring (bicyclic) bond motifs is 1. The zero-order valence-corrected chi connectivity index (χ0v) is 12.2. The molecule has 0 saturated carbocycles. The van der Waals surface area contributed by atoms with E-state index >= 15 is 0 Å². The molecule has 0 spiro atoms. The summed E-state index contributed by atoms with van der Waals surface area (Å²) < 4.78 is 11.7. The average Bonchev–Trinajstić information content (AvgIpc) is 3.14. The van der Waals surface area contributed by atoms with Gasteiger partial charge in [0.25, 0.3) is 0 Å². The van der Waals surface area contributed by atoms with Crippen LogP contribution in [0, 0.1) is 0 Å². The molecule has 0 amide bonds. The first kappa shape index (κ1) is 13.2. The largest absolute Gasteiger partial charge is 0.481 e. The van der Waals surface area contributed by atoms with Gasteiger partial charge in [-0.15, -0.1) is 11.3 Å². The molecule has 1 N–H and O–H groups in total. The maximum atomic E-state index is 6.21. The third-order valence-corrected chi connectivity index (χ3v) is 4.19. The summed E-state index contributed by atoms with van der Waals surface area (Å²) in [5, 5.41) is 6.33. The predicted octanol–water partition coefficient (Wildman–Crippen LogP) is 4.22. The molecule has 2 heterocycles. The van der Waals surface area contributed by atoms with E-state index in [2.05, 4.69) is 22.8 Å². The van der Waals surface area contributed by atoms with Crippen molar-refractivity contribution in [2.24, 2.45) is 0 Å². The van der Waals surface area contributed by atoms with Gasteiger partial charge in [0.15, 0.2) is 11.3 Å². The first-order valence-electron chi connectivity index (χ1n) is 6.69. The van der Waals surface area contributed by atoms with Crippen molar-refractivity contribution in [2.75, 3.05) is 13.6 Å². The van der Waals surface area contributed by atoms with Gasteiger partial charge in [0.05, 0.1) is 6.26 Å². The summed E-state index contributed by atoms with van der Waals surface area (Å²) in [5.74, 6) is 0.807. The summed E-state index contributed by atoms with van der Waals surface area (Å²) in [5.41, 5.74) is 0.818. The van der Waals surface area contributed by atoms with Crippen molar-refractivity contribution in [3.63, 3.8) is 0 Å². The Hall–Kier alpha value is -1.78. The van der Waals surface area contributed by atoms with Crippen LogP contribution in [0.2, 0.25) is 0 Å². The lowest BCUT2D eigenvalue weighted by Gasteiger charge is -2.18. The van der Waals surface area contributed by atoms with Crippen LogP contribution in [0.3, 0.4) is 0 Å². The van der Waals surface area contributed by atoms with Gasteiger partial charge in [-0.3, -0.25) is 0 Å². The highest BCUT2D eigenvalue weighted by Gasteiger charge is 2.16. The zero-order chi connectivity index (χ0) is 13.8. The van der Waals surface area contributed by atoms with Crippen molar-refractivity contribution in [1.82, 2.24) is 5.32 Å². The first-order chi connectivity index (χ1) is 9.88. The Kier molecular flexibility index (Phi) is 4.04. The second-order valence-corrected chi connectivity index (χ2v) is 5.59. The maximum Gasteiger partial charge on any atom is 0.175 e. The standard InChI is InChI=1S/C16H17NO2S/c1-17-9-7-13(15-6-3-11-20-15)19-14-5-2-4-12-8-10-18-16(12)14/h2-6,8,10-11,13,17H,7,9H2,1H3/t13-/m1/s1. The highest BCUT2D eigenvalue weighted by Crippen LogP contribution is 2.33. The van der Waals surface area contributed by atoms with E-state index < -0.39 is 0 Å². The van der Waals surface area contributed by atoms with Crippen molar-refractivity contribution in [1.29, 1.82) is 0 Å². The molecule has 0 aliphatic carbocycles. The molecule has 20 heavy (non-hydrogen) atoms. The fourth-order valence-electron chi connectivity index (χ4n) is 2.22. The number of hydrogen-bond acceptors (Lipinski definition) is 4. The Morgan fingerprint density at radius 2 is 2.20 bits per heavy atom. The normalized spacial score (nSPS) is 12.7. The number of thiophene rings is 1. The molecular weight excluding hydrogens is 270 g/mol. The van der Waals surface area contributed by atoms with Crippen molar-refractivity contribution >= 4 is 22.3 Å². The smallest absolute Gasteiger partial charge is 0.175 e. The van der Waals surface area contributed by atoms with E-state index in [1.54, 1.807) is 17.6 Å². The summed E-state index contributed by atoms with van der Waals surface area (Å²) >= 11 is 1.72. The minimum absolute atomic E-state index is 0.0538. The number of para-hydroxylation sites is 1. The molecule has 2 aromatic heterocycles. The number of ether oxygens (including phenoxy) is 1. The van der Waals surface area contributed by atoms with Gasteiger partial charge in [0, 0.05) is 16.7 Å². The molecule has 3 nitrogen and oxygen atoms in total. The lowest BCUT2D eigenvalue weighted by Crippen LogP contribution is -2.15. The molecule has 4 heteroatoms. The van der Waals surface area contributed by atoms with Gasteiger partial charge in [0.1, 0.15) is 6.10 Å². The van der Waals surface area contributed by atoms with Gasteiger partial charge >= 0.3 is 0 Å². The van der Waals surface area contributed by atoms with Crippen LogP contribution < -0.4 is 10.1 Å². The second kappa shape index (κ2) is 6.11. The highest BCUT2D eigenvalue weighted by atomic mass is 32.1. The van der Waals surface area contributed by atoms with Crippen LogP contribution in [0.4, 0.5) is 0 Å². The van der Waals surface area contributed by atoms with Crippen LogP contribution in [0.1, 0.15) is 17.4 Å². The lowest BCUT2D eigenvalue weighted by atomic mass is 10.2.